The van der Waals surface area contributed by atoms with E-state index in [4.69, 9.17) is 4.74 Å². The summed E-state index contributed by atoms with van der Waals surface area (Å²) in [5, 5.41) is 11.6. The van der Waals surface area contributed by atoms with Gasteiger partial charge in [-0.3, -0.25) is 0 Å². The van der Waals surface area contributed by atoms with E-state index in [2.05, 4.69) is 27.4 Å². The number of benzene rings is 2. The van der Waals surface area contributed by atoms with Gasteiger partial charge in [0.1, 0.15) is 24.5 Å². The van der Waals surface area contributed by atoms with E-state index < -0.39 is 0 Å². The monoisotopic (exact) mass is 292 g/mol. The summed E-state index contributed by atoms with van der Waals surface area (Å²) in [5.74, 6) is 0.831. The van der Waals surface area contributed by atoms with Crippen molar-refractivity contribution in [1.82, 2.24) is 14.9 Å². The van der Waals surface area contributed by atoms with Crippen molar-refractivity contribution in [1.29, 1.82) is 0 Å². The van der Waals surface area contributed by atoms with Crippen molar-refractivity contribution in [2.45, 2.75) is 13.0 Å². The maximum absolute atomic E-state index is 5.94. The Bertz CT molecular complexity index is 721. The Morgan fingerprint density at radius 2 is 1.68 bits per heavy atom. The van der Waals surface area contributed by atoms with Crippen molar-refractivity contribution in [3.8, 4) is 5.75 Å². The third kappa shape index (κ3) is 3.58. The number of hydrogen-bond acceptors (Lipinski definition) is 4. The molecule has 0 amide bonds. The number of nitrogens with zero attached hydrogens (tertiary/aromatic N) is 4. The summed E-state index contributed by atoms with van der Waals surface area (Å²) in [6, 6.07) is 17.9. The van der Waals surface area contributed by atoms with E-state index in [1.165, 1.54) is 12.7 Å². The molecule has 0 aliphatic rings. The van der Waals surface area contributed by atoms with Crippen LogP contribution in [0.15, 0.2) is 72.4 Å². The second kappa shape index (κ2) is 6.67. The lowest BCUT2D eigenvalue weighted by molar-refractivity contribution is 0.227. The van der Waals surface area contributed by atoms with Crippen molar-refractivity contribution >= 4 is 6.21 Å². The summed E-state index contributed by atoms with van der Waals surface area (Å²) < 4.78 is 7.48. The summed E-state index contributed by atoms with van der Waals surface area (Å²) in [6.45, 7) is 2.04. The molecule has 1 atom stereocenters. The van der Waals surface area contributed by atoms with Crippen LogP contribution in [0, 0.1) is 0 Å². The molecule has 0 aliphatic heterocycles. The van der Waals surface area contributed by atoms with Crippen molar-refractivity contribution < 1.29 is 4.74 Å². The van der Waals surface area contributed by atoms with Crippen LogP contribution in [0.1, 0.15) is 24.2 Å². The second-order valence-corrected chi connectivity index (χ2v) is 4.83. The van der Waals surface area contributed by atoms with Crippen LogP contribution in [-0.2, 0) is 0 Å². The third-order valence-corrected chi connectivity index (χ3v) is 3.21. The van der Waals surface area contributed by atoms with Crippen LogP contribution in [-0.4, -0.2) is 21.1 Å². The fourth-order valence-corrected chi connectivity index (χ4v) is 2.02. The predicted octanol–water partition coefficient (Wildman–Crippen LogP) is 3.30. The molecule has 2 aromatic carbocycles. The van der Waals surface area contributed by atoms with Gasteiger partial charge in [-0.25, -0.2) is 4.68 Å². The van der Waals surface area contributed by atoms with Crippen molar-refractivity contribution in [3.63, 3.8) is 0 Å². The average molecular weight is 292 g/mol. The van der Waals surface area contributed by atoms with E-state index in [0.29, 0.717) is 0 Å². The number of ether oxygens (including phenoxy) is 1. The molecular weight excluding hydrogens is 276 g/mol. The van der Waals surface area contributed by atoms with Gasteiger partial charge in [-0.1, -0.05) is 30.3 Å². The molecule has 3 aromatic rings. The van der Waals surface area contributed by atoms with Crippen molar-refractivity contribution in [2.24, 2.45) is 5.10 Å². The zero-order valence-electron chi connectivity index (χ0n) is 12.2. The maximum atomic E-state index is 5.94. The first-order chi connectivity index (χ1) is 10.8. The lowest BCUT2D eigenvalue weighted by atomic mass is 10.1. The van der Waals surface area contributed by atoms with Gasteiger partial charge in [0.15, 0.2) is 0 Å². The molecule has 0 spiro atoms. The molecule has 0 saturated heterocycles. The molecule has 0 N–H and O–H groups in total. The Labute approximate surface area is 128 Å². The van der Waals surface area contributed by atoms with Crippen LogP contribution in [0.5, 0.6) is 5.75 Å². The smallest absolute Gasteiger partial charge is 0.141 e. The molecule has 0 bridgehead atoms. The molecule has 22 heavy (non-hydrogen) atoms. The molecule has 5 nitrogen and oxygen atoms in total. The molecule has 3 rings (SSSR count). The zero-order chi connectivity index (χ0) is 15.2. The lowest BCUT2D eigenvalue weighted by Crippen LogP contribution is -2.02. The molecule has 5 heteroatoms. The first-order valence-corrected chi connectivity index (χ1v) is 7.02. The van der Waals surface area contributed by atoms with Crippen LogP contribution in [0.4, 0.5) is 0 Å². The van der Waals surface area contributed by atoms with E-state index >= 15 is 0 Å². The Kier molecular flexibility index (Phi) is 4.25. The molecule has 110 valence electrons. The highest BCUT2D eigenvalue weighted by Crippen LogP contribution is 2.21. The average Bonchev–Trinajstić information content (AvgIpc) is 3.08. The SMILES string of the molecule is CC(Oc1ccc(C=Nn2cnnc2)cc1)c1ccccc1. The minimum Gasteiger partial charge on any atom is -0.486 e. The second-order valence-electron chi connectivity index (χ2n) is 4.83. The first-order valence-electron chi connectivity index (χ1n) is 7.02. The molecule has 1 unspecified atom stereocenters. The van der Waals surface area contributed by atoms with Gasteiger partial charge in [-0.15, -0.1) is 10.2 Å². The summed E-state index contributed by atoms with van der Waals surface area (Å²) in [4.78, 5) is 0. The third-order valence-electron chi connectivity index (χ3n) is 3.21. The van der Waals surface area contributed by atoms with Crippen LogP contribution < -0.4 is 4.74 Å². The Hall–Kier alpha value is -2.95. The Balaban J connectivity index is 1.64. The van der Waals surface area contributed by atoms with Crippen molar-refractivity contribution in [2.75, 3.05) is 0 Å². The summed E-state index contributed by atoms with van der Waals surface area (Å²) in [7, 11) is 0. The van der Waals surface area contributed by atoms with Gasteiger partial charge in [0, 0.05) is 0 Å². The lowest BCUT2D eigenvalue weighted by Gasteiger charge is -2.15. The Morgan fingerprint density at radius 1 is 1.00 bits per heavy atom. The highest BCUT2D eigenvalue weighted by atomic mass is 16.5. The van der Waals surface area contributed by atoms with Gasteiger partial charge < -0.3 is 4.74 Å². The molecule has 1 aromatic heterocycles. The van der Waals surface area contributed by atoms with Gasteiger partial charge in [0.25, 0.3) is 0 Å². The summed E-state index contributed by atoms with van der Waals surface area (Å²) in [6.07, 6.45) is 4.83. The minimum absolute atomic E-state index is 0.0118. The molecule has 0 radical (unpaired) electrons. The van der Waals surface area contributed by atoms with Crippen molar-refractivity contribution in [3.05, 3.63) is 78.4 Å². The summed E-state index contributed by atoms with van der Waals surface area (Å²) >= 11 is 0. The Morgan fingerprint density at radius 3 is 2.36 bits per heavy atom. The number of rotatable bonds is 5. The van der Waals surface area contributed by atoms with E-state index in [-0.39, 0.29) is 6.10 Å². The van der Waals surface area contributed by atoms with E-state index in [9.17, 15) is 0 Å². The van der Waals surface area contributed by atoms with Gasteiger partial charge in [-0.05, 0) is 42.3 Å². The highest BCUT2D eigenvalue weighted by Gasteiger charge is 2.06. The summed E-state index contributed by atoms with van der Waals surface area (Å²) in [5.41, 5.74) is 2.13. The fraction of sp³-hybridized carbons (Fsp3) is 0.118. The van der Waals surface area contributed by atoms with Crippen LogP contribution >= 0.6 is 0 Å². The van der Waals surface area contributed by atoms with E-state index in [1.54, 1.807) is 10.9 Å². The first kappa shape index (κ1) is 14.0. The number of aromatic nitrogens is 3. The highest BCUT2D eigenvalue weighted by molar-refractivity contribution is 5.79. The predicted molar refractivity (Wildman–Crippen MR) is 84.9 cm³/mol. The molecule has 0 fully saturated rings. The van der Waals surface area contributed by atoms with Gasteiger partial charge in [0.05, 0.1) is 6.21 Å². The van der Waals surface area contributed by atoms with E-state index in [1.807, 2.05) is 49.4 Å². The zero-order valence-corrected chi connectivity index (χ0v) is 12.2. The fourth-order valence-electron chi connectivity index (χ4n) is 2.02. The van der Waals surface area contributed by atoms with Gasteiger partial charge >= 0.3 is 0 Å². The maximum Gasteiger partial charge on any atom is 0.141 e. The van der Waals surface area contributed by atoms with Gasteiger partial charge in [0.2, 0.25) is 0 Å². The minimum atomic E-state index is 0.0118. The standard InChI is InChI=1S/C17H16N4O/c1-14(16-5-3-2-4-6-16)22-17-9-7-15(8-10-17)11-20-21-12-18-19-13-21/h2-14H,1H3. The quantitative estimate of drug-likeness (QED) is 0.678. The van der Waals surface area contributed by atoms with E-state index in [0.717, 1.165) is 16.9 Å². The molecular formula is C17H16N4O. The van der Waals surface area contributed by atoms with Crippen LogP contribution in [0.2, 0.25) is 0 Å². The van der Waals surface area contributed by atoms with Crippen LogP contribution in [0.3, 0.4) is 0 Å². The van der Waals surface area contributed by atoms with Crippen LogP contribution in [0.25, 0.3) is 0 Å². The molecule has 0 saturated carbocycles. The molecule has 0 aliphatic carbocycles. The van der Waals surface area contributed by atoms with Gasteiger partial charge in [-0.2, -0.15) is 5.10 Å². The number of hydrogen-bond donors (Lipinski definition) is 0. The largest absolute Gasteiger partial charge is 0.486 e. The normalized spacial score (nSPS) is 12.4. The topological polar surface area (TPSA) is 52.3 Å². The molecule has 1 heterocycles.